The van der Waals surface area contributed by atoms with Gasteiger partial charge in [0.05, 0.1) is 6.54 Å². The van der Waals surface area contributed by atoms with Crippen LogP contribution >= 0.6 is 11.6 Å². The molecule has 0 radical (unpaired) electrons. The van der Waals surface area contributed by atoms with Crippen molar-refractivity contribution in [1.29, 1.82) is 0 Å². The molecule has 1 aromatic rings. The third kappa shape index (κ3) is 4.58. The molecular formula is C21H25ClF4N4O2. The summed E-state index contributed by atoms with van der Waals surface area (Å²) in [5.41, 5.74) is -1.92. The summed E-state index contributed by atoms with van der Waals surface area (Å²) in [6.07, 6.45) is -3.43. The normalized spacial score (nSPS) is 24.9. The van der Waals surface area contributed by atoms with E-state index < -0.39 is 23.3 Å². The SMILES string of the molecule is O=C(CN1CC2CC(C1)N2CCNC(=O)C1(C(F)(F)F)CCC1)Nc1cc(F)cc(Cl)c1. The maximum atomic E-state index is 13.4. The zero-order chi connectivity index (χ0) is 23.1. The average molecular weight is 477 g/mol. The van der Waals surface area contributed by atoms with Crippen molar-refractivity contribution in [2.75, 3.05) is 38.0 Å². The van der Waals surface area contributed by atoms with E-state index in [4.69, 9.17) is 11.6 Å². The predicted octanol–water partition coefficient (Wildman–Crippen LogP) is 3.02. The fraction of sp³-hybridized carbons (Fsp3) is 0.619. The quantitative estimate of drug-likeness (QED) is 0.594. The topological polar surface area (TPSA) is 64.7 Å². The number of piperazine rings is 1. The Balaban J connectivity index is 1.20. The molecule has 1 saturated carbocycles. The summed E-state index contributed by atoms with van der Waals surface area (Å²) in [4.78, 5) is 28.6. The van der Waals surface area contributed by atoms with Gasteiger partial charge < -0.3 is 10.6 Å². The number of amides is 2. The number of fused-ring (bicyclic) bond motifs is 2. The Morgan fingerprint density at radius 1 is 1.16 bits per heavy atom. The largest absolute Gasteiger partial charge is 0.403 e. The van der Waals surface area contributed by atoms with Gasteiger partial charge in [-0.2, -0.15) is 13.2 Å². The van der Waals surface area contributed by atoms with Crippen LogP contribution in [0.4, 0.5) is 23.2 Å². The van der Waals surface area contributed by atoms with Crippen LogP contribution in [0.1, 0.15) is 25.7 Å². The van der Waals surface area contributed by atoms with E-state index >= 15 is 0 Å². The van der Waals surface area contributed by atoms with Crippen LogP contribution in [-0.4, -0.2) is 72.6 Å². The van der Waals surface area contributed by atoms with Crippen LogP contribution in [-0.2, 0) is 9.59 Å². The van der Waals surface area contributed by atoms with Gasteiger partial charge in [-0.15, -0.1) is 0 Å². The van der Waals surface area contributed by atoms with Gasteiger partial charge in [0.15, 0.2) is 0 Å². The summed E-state index contributed by atoms with van der Waals surface area (Å²) in [6.45, 7) is 2.10. The molecule has 0 aromatic heterocycles. The lowest BCUT2D eigenvalue weighted by atomic mass is 9.67. The number of hydrogen-bond acceptors (Lipinski definition) is 4. The van der Waals surface area contributed by atoms with E-state index in [1.165, 1.54) is 12.1 Å². The molecule has 1 aliphatic carbocycles. The number of benzene rings is 1. The van der Waals surface area contributed by atoms with E-state index in [2.05, 4.69) is 15.5 Å². The van der Waals surface area contributed by atoms with Crippen LogP contribution in [0.2, 0.25) is 5.02 Å². The second-order valence-electron chi connectivity index (χ2n) is 8.87. The Bertz CT molecular complexity index is 861. The fourth-order valence-corrected chi connectivity index (χ4v) is 5.16. The van der Waals surface area contributed by atoms with Crippen molar-refractivity contribution in [2.45, 2.75) is 43.9 Å². The van der Waals surface area contributed by atoms with Crippen molar-refractivity contribution >= 4 is 29.1 Å². The number of nitrogens with one attached hydrogen (secondary N) is 2. The molecule has 4 fully saturated rings. The Kier molecular flexibility index (Phi) is 6.39. The van der Waals surface area contributed by atoms with Gasteiger partial charge in [-0.25, -0.2) is 4.39 Å². The number of anilines is 1. The number of rotatable bonds is 7. The number of nitrogens with zero attached hydrogens (tertiary/aromatic N) is 2. The molecule has 11 heteroatoms. The molecule has 0 spiro atoms. The van der Waals surface area contributed by atoms with Crippen molar-refractivity contribution in [1.82, 2.24) is 15.1 Å². The monoisotopic (exact) mass is 476 g/mol. The van der Waals surface area contributed by atoms with Crippen LogP contribution in [0.25, 0.3) is 0 Å². The Morgan fingerprint density at radius 3 is 2.41 bits per heavy atom. The summed E-state index contributed by atoms with van der Waals surface area (Å²) >= 11 is 5.80. The van der Waals surface area contributed by atoms with Gasteiger partial charge in [0.1, 0.15) is 11.2 Å². The molecule has 2 bridgehead atoms. The molecule has 2 amide bonds. The maximum absolute atomic E-state index is 13.4. The summed E-state index contributed by atoms with van der Waals surface area (Å²) in [7, 11) is 0. The van der Waals surface area contributed by atoms with Crippen LogP contribution in [0, 0.1) is 11.2 Å². The molecule has 3 saturated heterocycles. The van der Waals surface area contributed by atoms with Crippen LogP contribution in [0.15, 0.2) is 18.2 Å². The Hall–Kier alpha value is -1.91. The fourth-order valence-electron chi connectivity index (χ4n) is 4.94. The van der Waals surface area contributed by atoms with E-state index in [1.807, 2.05) is 4.90 Å². The molecule has 2 atom stereocenters. The first kappa shape index (κ1) is 23.3. The summed E-state index contributed by atoms with van der Waals surface area (Å²) in [6, 6.07) is 4.21. The molecule has 3 heterocycles. The minimum Gasteiger partial charge on any atom is -0.354 e. The Labute approximate surface area is 188 Å². The number of halogens is 5. The number of carbonyl (C=O) groups is 2. The number of alkyl halides is 3. The van der Waals surface area contributed by atoms with E-state index in [1.54, 1.807) is 0 Å². The molecule has 5 rings (SSSR count). The molecule has 6 nitrogen and oxygen atoms in total. The van der Waals surface area contributed by atoms with Gasteiger partial charge in [-0.3, -0.25) is 19.4 Å². The van der Waals surface area contributed by atoms with Crippen LogP contribution < -0.4 is 10.6 Å². The zero-order valence-electron chi connectivity index (χ0n) is 17.4. The van der Waals surface area contributed by atoms with Crippen molar-refractivity contribution in [3.63, 3.8) is 0 Å². The van der Waals surface area contributed by atoms with Crippen molar-refractivity contribution in [2.24, 2.45) is 5.41 Å². The summed E-state index contributed by atoms with van der Waals surface area (Å²) in [5.74, 6) is -1.73. The highest BCUT2D eigenvalue weighted by Gasteiger charge is 2.63. The molecule has 2 N–H and O–H groups in total. The first-order valence-electron chi connectivity index (χ1n) is 10.7. The lowest BCUT2D eigenvalue weighted by molar-refractivity contribution is -0.243. The molecule has 1 aromatic carbocycles. The second kappa shape index (κ2) is 8.79. The molecule has 32 heavy (non-hydrogen) atoms. The van der Waals surface area contributed by atoms with Gasteiger partial charge in [-0.05, 0) is 37.5 Å². The molecule has 176 valence electrons. The van der Waals surface area contributed by atoms with Gasteiger partial charge in [0, 0.05) is 49.0 Å². The number of piperidine rings is 1. The highest BCUT2D eigenvalue weighted by atomic mass is 35.5. The summed E-state index contributed by atoms with van der Waals surface area (Å²) < 4.78 is 53.1. The average Bonchev–Trinajstić information content (AvgIpc) is 2.61. The number of carbonyl (C=O) groups excluding carboxylic acids is 2. The Morgan fingerprint density at radius 2 is 1.84 bits per heavy atom. The number of hydrogen-bond donors (Lipinski definition) is 2. The van der Waals surface area contributed by atoms with Crippen molar-refractivity contribution < 1.29 is 27.2 Å². The first-order valence-corrected chi connectivity index (χ1v) is 11.0. The molecule has 2 unspecified atom stereocenters. The van der Waals surface area contributed by atoms with Gasteiger partial charge >= 0.3 is 6.18 Å². The smallest absolute Gasteiger partial charge is 0.354 e. The standard InChI is InChI=1S/C21H25ClF4N4O2/c22-13-6-14(23)8-15(7-13)28-18(31)12-29-10-16-9-17(11-29)30(16)5-4-27-19(32)20(2-1-3-20)21(24,25)26/h6-8,16-17H,1-5,9-12H2,(H,27,32)(H,28,31). The highest BCUT2D eigenvalue weighted by Crippen LogP contribution is 2.53. The van der Waals surface area contributed by atoms with Crippen LogP contribution in [0.3, 0.4) is 0 Å². The molecular weight excluding hydrogens is 452 g/mol. The van der Waals surface area contributed by atoms with Gasteiger partial charge in [0.2, 0.25) is 11.8 Å². The maximum Gasteiger partial charge on any atom is 0.403 e. The second-order valence-corrected chi connectivity index (χ2v) is 9.31. The first-order chi connectivity index (χ1) is 15.1. The third-order valence-corrected chi connectivity index (χ3v) is 6.99. The van der Waals surface area contributed by atoms with E-state index in [0.717, 1.165) is 12.5 Å². The van der Waals surface area contributed by atoms with Crippen molar-refractivity contribution in [3.05, 3.63) is 29.0 Å². The van der Waals surface area contributed by atoms with E-state index in [-0.39, 0.29) is 48.9 Å². The minimum atomic E-state index is -4.51. The molecule has 4 aliphatic rings. The zero-order valence-corrected chi connectivity index (χ0v) is 18.1. The summed E-state index contributed by atoms with van der Waals surface area (Å²) in [5, 5.41) is 5.31. The lowest BCUT2D eigenvalue weighted by Gasteiger charge is -2.56. The van der Waals surface area contributed by atoms with E-state index in [0.29, 0.717) is 31.7 Å². The van der Waals surface area contributed by atoms with Crippen molar-refractivity contribution in [3.8, 4) is 0 Å². The third-order valence-electron chi connectivity index (χ3n) is 6.77. The molecule has 3 aliphatic heterocycles. The highest BCUT2D eigenvalue weighted by molar-refractivity contribution is 6.30. The lowest BCUT2D eigenvalue weighted by Crippen LogP contribution is -2.70. The predicted molar refractivity (Wildman–Crippen MR) is 111 cm³/mol. The van der Waals surface area contributed by atoms with Crippen LogP contribution in [0.5, 0.6) is 0 Å². The van der Waals surface area contributed by atoms with Gasteiger partial charge in [0.25, 0.3) is 0 Å². The van der Waals surface area contributed by atoms with Gasteiger partial charge in [-0.1, -0.05) is 18.0 Å². The van der Waals surface area contributed by atoms with E-state index in [9.17, 15) is 27.2 Å². The minimum absolute atomic E-state index is 0.143.